The summed E-state index contributed by atoms with van der Waals surface area (Å²) in [6, 6.07) is 20.8. The molecular weight excluding hydrogens is 803 g/mol. The Balaban J connectivity index is 0.000000260. The summed E-state index contributed by atoms with van der Waals surface area (Å²) >= 11 is 1.75. The van der Waals surface area contributed by atoms with Crippen molar-refractivity contribution in [3.05, 3.63) is 89.1 Å². The number of aliphatic hydroxyl groups excluding tert-OH is 1. The monoisotopic (exact) mass is 853 g/mol. The molecule has 6 rings (SSSR count). The van der Waals surface area contributed by atoms with Crippen molar-refractivity contribution in [2.24, 2.45) is 10.8 Å². The summed E-state index contributed by atoms with van der Waals surface area (Å²) in [7, 11) is 0. The molecule has 49 heavy (non-hydrogen) atoms. The number of allylic oxidation sites excluding steroid dienone is 2. The van der Waals surface area contributed by atoms with E-state index in [4.69, 9.17) is 9.40 Å². The first-order valence-electron chi connectivity index (χ1n) is 17.3. The third-order valence-electron chi connectivity index (χ3n) is 10.7. The van der Waals surface area contributed by atoms with Gasteiger partial charge in [0.25, 0.3) is 0 Å². The van der Waals surface area contributed by atoms with Crippen LogP contribution < -0.4 is 0 Å². The van der Waals surface area contributed by atoms with E-state index in [0.717, 1.165) is 64.3 Å². The second-order valence-electron chi connectivity index (χ2n) is 14.7. The molecule has 261 valence electrons. The molecule has 0 amide bonds. The average Bonchev–Trinajstić information content (AvgIpc) is 3.67. The van der Waals surface area contributed by atoms with Gasteiger partial charge in [-0.25, -0.2) is 0 Å². The largest absolute Gasteiger partial charge is 0.512 e. The van der Waals surface area contributed by atoms with Crippen LogP contribution in [0.1, 0.15) is 99.1 Å². The number of aliphatic hydroxyl groups is 1. The molecule has 4 nitrogen and oxygen atoms in total. The number of furan rings is 1. The summed E-state index contributed by atoms with van der Waals surface area (Å²) < 4.78 is 7.73. The molecule has 0 aliphatic carbocycles. The van der Waals surface area contributed by atoms with Gasteiger partial charge >= 0.3 is 0 Å². The summed E-state index contributed by atoms with van der Waals surface area (Å²) in [4.78, 5) is 16.9. The second kappa shape index (κ2) is 14.9. The van der Waals surface area contributed by atoms with E-state index in [1.807, 2.05) is 47.7 Å². The van der Waals surface area contributed by atoms with Crippen LogP contribution in [0, 0.1) is 23.8 Å². The van der Waals surface area contributed by atoms with Gasteiger partial charge in [0.15, 0.2) is 11.4 Å². The van der Waals surface area contributed by atoms with Gasteiger partial charge < -0.3 is 9.52 Å². The Hall–Kier alpha value is -3.31. The Morgan fingerprint density at radius 3 is 2.10 bits per heavy atom. The van der Waals surface area contributed by atoms with Gasteiger partial charge in [-0.15, -0.1) is 40.5 Å². The first kappa shape index (κ1) is 38.5. The fraction of sp³-hybridized carbons (Fsp3) is 0.395. The molecule has 0 fully saturated rings. The smallest absolute Gasteiger partial charge is 0.164 e. The van der Waals surface area contributed by atoms with Crippen molar-refractivity contribution in [2.45, 2.75) is 100 Å². The zero-order chi connectivity index (χ0) is 35.0. The number of benzene rings is 3. The molecule has 1 N–H and O–H groups in total. The zero-order valence-corrected chi connectivity index (χ0v) is 33.8. The molecular formula is C43H50IrNO3S-. The van der Waals surface area contributed by atoms with Crippen molar-refractivity contribution in [3.63, 3.8) is 0 Å². The molecule has 0 aliphatic heterocycles. The van der Waals surface area contributed by atoms with Crippen LogP contribution in [0.15, 0.2) is 76.4 Å². The SMILES string of the molecule is CCC(C)(CC)C(=O)/C=C(\O)C(C)(CC)CC.Cc1csc2c1ccc1c3ccnc(-c4[c-]c5ccccc5c(C(C)(C)C)c4)c3oc12.[Ir]. The summed E-state index contributed by atoms with van der Waals surface area (Å²) in [6.45, 7) is 21.0. The zero-order valence-electron chi connectivity index (χ0n) is 30.6. The molecule has 0 saturated carbocycles. The number of ketones is 1. The molecule has 3 aromatic carbocycles. The molecule has 0 bridgehead atoms. The molecule has 3 heterocycles. The van der Waals surface area contributed by atoms with Crippen LogP contribution in [0.5, 0.6) is 0 Å². The van der Waals surface area contributed by atoms with Crippen LogP contribution >= 0.6 is 11.3 Å². The molecule has 0 atom stereocenters. The Kier molecular flexibility index (Phi) is 11.7. The number of rotatable bonds is 8. The number of fused-ring (bicyclic) bond motifs is 6. The first-order chi connectivity index (χ1) is 22.7. The topological polar surface area (TPSA) is 63.3 Å². The molecule has 3 aromatic heterocycles. The summed E-state index contributed by atoms with van der Waals surface area (Å²) in [5.41, 5.74) is 5.61. The molecule has 0 spiro atoms. The number of pyridine rings is 1. The minimum atomic E-state index is -0.337. The van der Waals surface area contributed by atoms with Crippen LogP contribution in [-0.2, 0) is 30.3 Å². The maximum Gasteiger partial charge on any atom is 0.164 e. The van der Waals surface area contributed by atoms with Gasteiger partial charge in [-0.3, -0.25) is 9.78 Å². The van der Waals surface area contributed by atoms with Gasteiger partial charge in [0.2, 0.25) is 0 Å². The molecule has 6 aromatic rings. The molecule has 0 unspecified atom stereocenters. The normalized spacial score (nSPS) is 12.7. The van der Waals surface area contributed by atoms with Crippen molar-refractivity contribution in [1.82, 2.24) is 4.98 Å². The van der Waals surface area contributed by atoms with Gasteiger partial charge in [-0.2, -0.15) is 0 Å². The van der Waals surface area contributed by atoms with Gasteiger partial charge in [0.05, 0.1) is 4.70 Å². The number of carbonyl (C=O) groups is 1. The minimum absolute atomic E-state index is 0. The quantitative estimate of drug-likeness (QED) is 0.0941. The Bertz CT molecular complexity index is 2140. The third kappa shape index (κ3) is 7.29. The number of aromatic nitrogens is 1. The maximum absolute atomic E-state index is 12.2. The van der Waals surface area contributed by atoms with Crippen LogP contribution in [-0.4, -0.2) is 15.9 Å². The van der Waals surface area contributed by atoms with Crippen molar-refractivity contribution >= 4 is 59.9 Å². The van der Waals surface area contributed by atoms with Crippen molar-refractivity contribution in [2.75, 3.05) is 0 Å². The predicted octanol–water partition coefficient (Wildman–Crippen LogP) is 13.1. The second-order valence-corrected chi connectivity index (χ2v) is 15.6. The van der Waals surface area contributed by atoms with Crippen LogP contribution in [0.2, 0.25) is 0 Å². The van der Waals surface area contributed by atoms with Crippen molar-refractivity contribution < 1.29 is 34.4 Å². The van der Waals surface area contributed by atoms with E-state index in [1.165, 1.54) is 32.7 Å². The van der Waals surface area contributed by atoms with E-state index in [-0.39, 0.29) is 47.9 Å². The van der Waals surface area contributed by atoms with E-state index in [1.54, 1.807) is 11.3 Å². The van der Waals surface area contributed by atoms with Crippen LogP contribution in [0.4, 0.5) is 0 Å². The van der Waals surface area contributed by atoms with Gasteiger partial charge in [-0.05, 0) is 66.5 Å². The number of thiophene rings is 1. The number of nitrogens with zero attached hydrogens (tertiary/aromatic N) is 1. The van der Waals surface area contributed by atoms with Gasteiger partial charge in [-0.1, -0.05) is 97.5 Å². The van der Waals surface area contributed by atoms with E-state index in [2.05, 4.69) is 87.7 Å². The number of aryl methyl sites for hydroxylation is 1. The number of hydrogen-bond acceptors (Lipinski definition) is 5. The summed E-state index contributed by atoms with van der Waals surface area (Å²) in [5, 5.41) is 18.2. The van der Waals surface area contributed by atoms with Crippen molar-refractivity contribution in [3.8, 4) is 11.3 Å². The standard InChI is InChI=1S/C28H22NOS.C15H28O2.Ir/c1-16-15-31-27-19(16)9-10-21-22-11-12-29-24(25(22)30-26(21)27)18-13-17-7-5-6-8-20(17)23(14-18)28(2,3)4;1-7-14(5,8-2)12(16)11-13(17)15(6,9-3)10-4;/h5-12,14-15H,1-4H3;11,16H,7-10H2,1-6H3;/q-1;;/b;12-11-;. The Morgan fingerprint density at radius 1 is 0.857 bits per heavy atom. The molecule has 6 heteroatoms. The average molecular weight is 853 g/mol. The van der Waals surface area contributed by atoms with Gasteiger partial charge in [0.1, 0.15) is 11.3 Å². The molecule has 1 radical (unpaired) electrons. The van der Waals surface area contributed by atoms with E-state index < -0.39 is 0 Å². The maximum atomic E-state index is 12.2. The summed E-state index contributed by atoms with van der Waals surface area (Å²) in [5.74, 6) is 0.286. The van der Waals surface area contributed by atoms with Crippen molar-refractivity contribution in [1.29, 1.82) is 0 Å². The summed E-state index contributed by atoms with van der Waals surface area (Å²) in [6.07, 6.45) is 6.64. The predicted molar refractivity (Wildman–Crippen MR) is 205 cm³/mol. The van der Waals surface area contributed by atoms with E-state index in [9.17, 15) is 9.90 Å². The Morgan fingerprint density at radius 2 is 1.47 bits per heavy atom. The minimum Gasteiger partial charge on any atom is -0.512 e. The fourth-order valence-corrected chi connectivity index (χ4v) is 7.27. The van der Waals surface area contributed by atoms with E-state index in [0.29, 0.717) is 0 Å². The molecule has 0 saturated heterocycles. The van der Waals surface area contributed by atoms with Crippen LogP contribution in [0.3, 0.4) is 0 Å². The number of hydrogen-bond donors (Lipinski definition) is 1. The first-order valence-corrected chi connectivity index (χ1v) is 18.2. The molecule has 0 aliphatic rings. The Labute approximate surface area is 309 Å². The third-order valence-corrected chi connectivity index (χ3v) is 11.8. The van der Waals surface area contributed by atoms with E-state index >= 15 is 0 Å². The van der Waals surface area contributed by atoms with Gasteiger partial charge in [0, 0.05) is 59.7 Å². The number of carbonyl (C=O) groups excluding carboxylic acids is 1. The van der Waals surface area contributed by atoms with Crippen LogP contribution in [0.25, 0.3) is 54.1 Å². The fourth-order valence-electron chi connectivity index (χ4n) is 6.23.